The van der Waals surface area contributed by atoms with E-state index in [0.717, 1.165) is 16.3 Å². The molecule has 0 aliphatic carbocycles. The largest absolute Gasteiger partial charge is 0.445 e. The van der Waals surface area contributed by atoms with Gasteiger partial charge in [-0.1, -0.05) is 89.4 Å². The molecule has 1 aliphatic rings. The van der Waals surface area contributed by atoms with Gasteiger partial charge >= 0.3 is 6.09 Å². The number of piperidine rings is 1. The lowest BCUT2D eigenvalue weighted by molar-refractivity contribution is -0.0242. The van der Waals surface area contributed by atoms with Gasteiger partial charge in [0.25, 0.3) is 0 Å². The van der Waals surface area contributed by atoms with Crippen LogP contribution in [0.4, 0.5) is 9.18 Å². The zero-order chi connectivity index (χ0) is 23.4. The molecule has 4 nitrogen and oxygen atoms in total. The molecule has 0 radical (unpaired) electrons. The molecule has 1 fully saturated rings. The summed E-state index contributed by atoms with van der Waals surface area (Å²) in [4.78, 5) is 14.0. The second-order valence-electron chi connectivity index (χ2n) is 8.06. The molecule has 3 aromatic carbocycles. The second kappa shape index (κ2) is 10.5. The smallest absolute Gasteiger partial charge is 0.409 e. The Morgan fingerprint density at radius 3 is 2.52 bits per heavy atom. The first kappa shape index (κ1) is 24.1. The average Bonchev–Trinajstić information content (AvgIpc) is 2.81. The van der Waals surface area contributed by atoms with Crippen molar-refractivity contribution in [3.05, 3.63) is 83.7 Å². The maximum absolute atomic E-state index is 14.6. The molecular weight excluding hydrogens is 488 g/mol. The van der Waals surface area contributed by atoms with Crippen molar-refractivity contribution >= 4 is 51.7 Å². The summed E-state index contributed by atoms with van der Waals surface area (Å²) in [6, 6.07) is 20.9. The van der Waals surface area contributed by atoms with Crippen LogP contribution in [0.1, 0.15) is 23.5 Å². The van der Waals surface area contributed by atoms with Crippen LogP contribution in [0, 0.1) is 5.82 Å². The molecule has 1 saturated heterocycles. The Balaban J connectivity index is 1.50. The molecule has 0 bridgehead atoms. The Kier molecular flexibility index (Phi) is 7.65. The number of carbonyl (C=O) groups is 1. The van der Waals surface area contributed by atoms with Crippen molar-refractivity contribution in [2.75, 3.05) is 19.7 Å². The van der Waals surface area contributed by atoms with E-state index in [0.29, 0.717) is 25.1 Å². The van der Waals surface area contributed by atoms with Gasteiger partial charge in [-0.05, 0) is 40.5 Å². The van der Waals surface area contributed by atoms with E-state index in [2.05, 4.69) is 12.1 Å². The number of likely N-dealkylation sites (tertiary alicyclic amines) is 1. The van der Waals surface area contributed by atoms with Crippen LogP contribution in [0.3, 0.4) is 0 Å². The first-order chi connectivity index (χ1) is 15.8. The van der Waals surface area contributed by atoms with Crippen molar-refractivity contribution in [3.8, 4) is 0 Å². The minimum atomic E-state index is -1.69. The lowest BCUT2D eigenvalue weighted by atomic mass is 9.86. The van der Waals surface area contributed by atoms with Crippen molar-refractivity contribution in [2.45, 2.75) is 28.8 Å². The molecule has 33 heavy (non-hydrogen) atoms. The molecule has 8 heteroatoms. The van der Waals surface area contributed by atoms with Crippen LogP contribution in [0.2, 0.25) is 0 Å². The van der Waals surface area contributed by atoms with Crippen LogP contribution in [0.15, 0.2) is 66.7 Å². The minimum absolute atomic E-state index is 0.205. The summed E-state index contributed by atoms with van der Waals surface area (Å²) >= 11 is 17.1. The molecule has 0 aromatic heterocycles. The van der Waals surface area contributed by atoms with Crippen LogP contribution >= 0.6 is 34.8 Å². The summed E-state index contributed by atoms with van der Waals surface area (Å²) in [7, 11) is 0. The Labute approximate surface area is 207 Å². The summed E-state index contributed by atoms with van der Waals surface area (Å²) in [5.41, 5.74) is 1.58. The van der Waals surface area contributed by atoms with Crippen molar-refractivity contribution in [2.24, 2.45) is 0 Å². The summed E-state index contributed by atoms with van der Waals surface area (Å²) in [5, 5.41) is 2.26. The highest BCUT2D eigenvalue weighted by Gasteiger charge is 2.36. The number of amides is 1. The normalized spacial score (nSPS) is 19.0. The van der Waals surface area contributed by atoms with Crippen LogP contribution in [0.5, 0.6) is 0 Å². The predicted octanol–water partition coefficient (Wildman–Crippen LogP) is 6.86. The summed E-state index contributed by atoms with van der Waals surface area (Å²) < 4.78 is 24.3. The highest BCUT2D eigenvalue weighted by atomic mass is 35.6. The van der Waals surface area contributed by atoms with E-state index in [1.807, 2.05) is 30.3 Å². The molecular formula is C25H23Cl3FNO3. The second-order valence-corrected chi connectivity index (χ2v) is 10.6. The number of hydrogen-bond donors (Lipinski definition) is 0. The van der Waals surface area contributed by atoms with Gasteiger partial charge in [-0.25, -0.2) is 9.18 Å². The van der Waals surface area contributed by atoms with E-state index in [4.69, 9.17) is 44.3 Å². The molecule has 174 valence electrons. The molecule has 1 aliphatic heterocycles. The standard InChI is InChI=1S/C25H23Cl3FNO3/c26-25(27,28)16-33-24(31)30-12-11-21(20-7-3-4-8-22(20)29)23(14-30)32-15-17-9-10-18-5-1-2-6-19(18)13-17/h1-10,13,21,23H,11-12,14-16H2. The monoisotopic (exact) mass is 509 g/mol. The Hall–Kier alpha value is -2.05. The molecule has 0 saturated carbocycles. The van der Waals surface area contributed by atoms with Gasteiger partial charge in [-0.2, -0.15) is 0 Å². The number of ether oxygens (including phenoxy) is 2. The maximum Gasteiger partial charge on any atom is 0.409 e. The third-order valence-corrected chi connectivity index (χ3v) is 6.09. The van der Waals surface area contributed by atoms with Gasteiger partial charge in [0.15, 0.2) is 0 Å². The fraction of sp³-hybridized carbons (Fsp3) is 0.320. The summed E-state index contributed by atoms with van der Waals surface area (Å²) in [5.74, 6) is -0.488. The first-order valence-electron chi connectivity index (χ1n) is 10.6. The highest BCUT2D eigenvalue weighted by molar-refractivity contribution is 6.67. The number of carbonyl (C=O) groups excluding carboxylic acids is 1. The van der Waals surface area contributed by atoms with E-state index >= 15 is 0 Å². The van der Waals surface area contributed by atoms with Gasteiger partial charge in [-0.15, -0.1) is 0 Å². The lowest BCUT2D eigenvalue weighted by Crippen LogP contribution is -2.47. The van der Waals surface area contributed by atoms with Crippen molar-refractivity contribution < 1.29 is 18.7 Å². The average molecular weight is 511 g/mol. The summed E-state index contributed by atoms with van der Waals surface area (Å²) in [6.07, 6.45) is -0.498. The fourth-order valence-corrected chi connectivity index (χ4v) is 4.31. The Bertz CT molecular complexity index is 1120. The first-order valence-corrected chi connectivity index (χ1v) is 11.8. The number of alkyl halides is 3. The third-order valence-electron chi connectivity index (χ3n) is 5.76. The molecule has 3 aromatic rings. The van der Waals surface area contributed by atoms with E-state index in [1.54, 1.807) is 18.2 Å². The zero-order valence-electron chi connectivity index (χ0n) is 17.7. The molecule has 0 spiro atoms. The lowest BCUT2D eigenvalue weighted by Gasteiger charge is -2.38. The number of rotatable bonds is 5. The van der Waals surface area contributed by atoms with Crippen LogP contribution in [-0.2, 0) is 16.1 Å². The van der Waals surface area contributed by atoms with E-state index < -0.39 is 16.0 Å². The molecule has 1 heterocycles. The topological polar surface area (TPSA) is 38.8 Å². The van der Waals surface area contributed by atoms with Crippen molar-refractivity contribution in [3.63, 3.8) is 0 Å². The summed E-state index contributed by atoms with van der Waals surface area (Å²) in [6.45, 7) is 0.600. The number of hydrogen-bond acceptors (Lipinski definition) is 3. The van der Waals surface area contributed by atoms with Gasteiger partial charge in [0, 0.05) is 12.5 Å². The van der Waals surface area contributed by atoms with Gasteiger partial charge < -0.3 is 14.4 Å². The number of halogens is 4. The maximum atomic E-state index is 14.6. The number of nitrogens with zero attached hydrogens (tertiary/aromatic N) is 1. The van der Waals surface area contributed by atoms with Gasteiger partial charge in [0.05, 0.1) is 19.3 Å². The SMILES string of the molecule is O=C(OCC(Cl)(Cl)Cl)N1CCC(c2ccccc2F)C(OCc2ccc3ccccc3c2)C1. The molecule has 0 N–H and O–H groups in total. The van der Waals surface area contributed by atoms with Crippen molar-refractivity contribution in [1.82, 2.24) is 4.90 Å². The van der Waals surface area contributed by atoms with Gasteiger partial charge in [0.1, 0.15) is 12.4 Å². The van der Waals surface area contributed by atoms with E-state index in [1.165, 1.54) is 11.0 Å². The molecule has 2 atom stereocenters. The highest BCUT2D eigenvalue weighted by Crippen LogP contribution is 2.33. The number of fused-ring (bicyclic) bond motifs is 1. The molecule has 4 rings (SSSR count). The van der Waals surface area contributed by atoms with Crippen LogP contribution in [0.25, 0.3) is 10.8 Å². The molecule has 1 amide bonds. The predicted molar refractivity (Wildman–Crippen MR) is 129 cm³/mol. The van der Waals surface area contributed by atoms with E-state index in [9.17, 15) is 9.18 Å². The van der Waals surface area contributed by atoms with Crippen LogP contribution < -0.4 is 0 Å². The van der Waals surface area contributed by atoms with E-state index in [-0.39, 0.29) is 24.9 Å². The third kappa shape index (κ3) is 6.30. The van der Waals surface area contributed by atoms with Crippen molar-refractivity contribution in [1.29, 1.82) is 0 Å². The molecule has 2 unspecified atom stereocenters. The zero-order valence-corrected chi connectivity index (χ0v) is 20.0. The van der Waals surface area contributed by atoms with Gasteiger partial charge in [-0.3, -0.25) is 0 Å². The quantitative estimate of drug-likeness (QED) is 0.352. The fourth-order valence-electron chi connectivity index (χ4n) is 4.15. The Morgan fingerprint density at radius 2 is 1.76 bits per heavy atom. The van der Waals surface area contributed by atoms with Crippen LogP contribution in [-0.4, -0.2) is 40.6 Å². The Morgan fingerprint density at radius 1 is 1.03 bits per heavy atom. The minimum Gasteiger partial charge on any atom is -0.445 e. The van der Waals surface area contributed by atoms with Gasteiger partial charge in [0.2, 0.25) is 3.79 Å². The number of benzene rings is 3.